The van der Waals surface area contributed by atoms with Crippen LogP contribution in [0.2, 0.25) is 16.8 Å². The molecule has 0 rings (SSSR count). The Balaban J connectivity index is 3.62. The van der Waals surface area contributed by atoms with Gasteiger partial charge in [0.25, 0.3) is 0 Å². The standard InChI is InChI=1S/C12H24Ge/c1-5-7-9-10-12-13(3,4)11-8-6-2/h6,8,11H,2,5,7,9-10,12H2,1,3-4H3/b11-8-. The van der Waals surface area contributed by atoms with Crippen LogP contribution in [0.5, 0.6) is 0 Å². The van der Waals surface area contributed by atoms with Crippen molar-refractivity contribution in [2.45, 2.75) is 49.4 Å². The van der Waals surface area contributed by atoms with Gasteiger partial charge in [-0.2, -0.15) is 0 Å². The fourth-order valence-corrected chi connectivity index (χ4v) is 5.58. The van der Waals surface area contributed by atoms with Crippen LogP contribution in [-0.4, -0.2) is 13.3 Å². The predicted molar refractivity (Wildman–Crippen MR) is 65.8 cm³/mol. The van der Waals surface area contributed by atoms with Crippen molar-refractivity contribution in [1.82, 2.24) is 0 Å². The van der Waals surface area contributed by atoms with Gasteiger partial charge in [0.1, 0.15) is 0 Å². The molecule has 0 aliphatic heterocycles. The van der Waals surface area contributed by atoms with E-state index in [1.807, 2.05) is 6.08 Å². The average molecular weight is 241 g/mol. The van der Waals surface area contributed by atoms with E-state index in [-0.39, 0.29) is 0 Å². The molecule has 0 aliphatic rings. The van der Waals surface area contributed by atoms with E-state index >= 15 is 0 Å². The SMILES string of the molecule is C=C/C=[CH]\[Ge]([CH3])([CH3])[CH2]CCCCC. The maximum absolute atomic E-state index is 3.72. The van der Waals surface area contributed by atoms with Gasteiger partial charge in [-0.3, -0.25) is 0 Å². The van der Waals surface area contributed by atoms with Crippen LogP contribution in [0.3, 0.4) is 0 Å². The van der Waals surface area contributed by atoms with Crippen molar-refractivity contribution in [3.8, 4) is 0 Å². The van der Waals surface area contributed by atoms with Crippen LogP contribution < -0.4 is 0 Å². The molecule has 0 atom stereocenters. The van der Waals surface area contributed by atoms with Crippen LogP contribution >= 0.6 is 0 Å². The molecule has 0 amide bonds. The van der Waals surface area contributed by atoms with Crippen LogP contribution in [0.15, 0.2) is 23.6 Å². The molecule has 76 valence electrons. The van der Waals surface area contributed by atoms with Gasteiger partial charge in [0.15, 0.2) is 0 Å². The van der Waals surface area contributed by atoms with E-state index in [1.165, 1.54) is 30.9 Å². The molecular weight excluding hydrogens is 217 g/mol. The zero-order valence-electron chi connectivity index (χ0n) is 9.47. The minimum atomic E-state index is -1.51. The van der Waals surface area contributed by atoms with Crippen LogP contribution in [0, 0.1) is 0 Å². The third-order valence-electron chi connectivity index (χ3n) is 2.36. The van der Waals surface area contributed by atoms with Crippen LogP contribution in [0.1, 0.15) is 32.6 Å². The summed E-state index contributed by atoms with van der Waals surface area (Å²) in [5.74, 6) is 4.96. The third-order valence-corrected chi connectivity index (χ3v) is 8.10. The molecule has 0 nitrogen and oxygen atoms in total. The molecule has 1 heteroatoms. The van der Waals surface area contributed by atoms with Gasteiger partial charge in [-0.1, -0.05) is 0 Å². The number of rotatable bonds is 7. The van der Waals surface area contributed by atoms with Crippen molar-refractivity contribution >= 4 is 13.3 Å². The van der Waals surface area contributed by atoms with Gasteiger partial charge in [0, 0.05) is 0 Å². The van der Waals surface area contributed by atoms with Crippen molar-refractivity contribution in [2.75, 3.05) is 0 Å². The monoisotopic (exact) mass is 242 g/mol. The Morgan fingerprint density at radius 2 is 1.85 bits per heavy atom. The molecule has 13 heavy (non-hydrogen) atoms. The first kappa shape index (κ1) is 13.0. The first-order valence-electron chi connectivity index (χ1n) is 5.42. The molecule has 0 spiro atoms. The molecular formula is C12H24Ge. The summed E-state index contributed by atoms with van der Waals surface area (Å²) in [6.45, 7) is 5.98. The third kappa shape index (κ3) is 8.36. The van der Waals surface area contributed by atoms with E-state index in [2.05, 4.69) is 36.0 Å². The number of hydrogen-bond donors (Lipinski definition) is 0. The Kier molecular flexibility index (Phi) is 7.44. The van der Waals surface area contributed by atoms with E-state index in [4.69, 9.17) is 0 Å². The summed E-state index contributed by atoms with van der Waals surface area (Å²) in [6.07, 6.45) is 9.65. The fourth-order valence-electron chi connectivity index (χ4n) is 1.42. The van der Waals surface area contributed by atoms with E-state index < -0.39 is 13.3 Å². The fraction of sp³-hybridized carbons (Fsp3) is 0.667. The Labute approximate surface area is 86.5 Å². The summed E-state index contributed by atoms with van der Waals surface area (Å²) >= 11 is -1.51. The van der Waals surface area contributed by atoms with Gasteiger partial charge in [0.2, 0.25) is 0 Å². The molecule has 0 aromatic rings. The van der Waals surface area contributed by atoms with Crippen molar-refractivity contribution in [2.24, 2.45) is 0 Å². The Morgan fingerprint density at radius 1 is 1.15 bits per heavy atom. The number of allylic oxidation sites excluding steroid dienone is 2. The molecule has 0 aromatic carbocycles. The second kappa shape index (κ2) is 7.43. The summed E-state index contributed by atoms with van der Waals surface area (Å²) in [5, 5.41) is 1.48. The van der Waals surface area contributed by atoms with Crippen molar-refractivity contribution < 1.29 is 0 Å². The molecule has 0 saturated carbocycles. The second-order valence-electron chi connectivity index (χ2n) is 4.39. The van der Waals surface area contributed by atoms with Crippen LogP contribution in [-0.2, 0) is 0 Å². The molecule has 0 saturated heterocycles. The minimum absolute atomic E-state index is 1.34. The Hall–Kier alpha value is 0.0229. The van der Waals surface area contributed by atoms with Gasteiger partial charge in [-0.15, -0.1) is 0 Å². The predicted octanol–water partition coefficient (Wildman–Crippen LogP) is 4.56. The molecule has 0 fully saturated rings. The summed E-state index contributed by atoms with van der Waals surface area (Å²) in [5.41, 5.74) is 0. The van der Waals surface area contributed by atoms with Gasteiger partial charge in [0.05, 0.1) is 0 Å². The van der Waals surface area contributed by atoms with Crippen molar-refractivity contribution in [1.29, 1.82) is 0 Å². The van der Waals surface area contributed by atoms with E-state index in [0.717, 1.165) is 0 Å². The van der Waals surface area contributed by atoms with Gasteiger partial charge in [-0.05, 0) is 0 Å². The average Bonchev–Trinajstić information content (AvgIpc) is 2.09. The molecule has 0 N–H and O–H groups in total. The summed E-state index contributed by atoms with van der Waals surface area (Å²) in [6, 6.07) is 0. The Morgan fingerprint density at radius 3 is 2.38 bits per heavy atom. The van der Waals surface area contributed by atoms with Gasteiger partial charge in [-0.25, -0.2) is 0 Å². The Bertz CT molecular complexity index is 157. The van der Waals surface area contributed by atoms with Gasteiger partial charge < -0.3 is 0 Å². The zero-order chi connectivity index (χ0) is 10.2. The van der Waals surface area contributed by atoms with Crippen molar-refractivity contribution in [3.05, 3.63) is 23.6 Å². The normalized spacial score (nSPS) is 12.2. The van der Waals surface area contributed by atoms with Gasteiger partial charge >= 0.3 is 86.3 Å². The van der Waals surface area contributed by atoms with E-state index in [1.54, 1.807) is 0 Å². The van der Waals surface area contributed by atoms with E-state index in [9.17, 15) is 0 Å². The van der Waals surface area contributed by atoms with Crippen molar-refractivity contribution in [3.63, 3.8) is 0 Å². The number of hydrogen-bond acceptors (Lipinski definition) is 0. The zero-order valence-corrected chi connectivity index (χ0v) is 11.6. The molecule has 0 radical (unpaired) electrons. The van der Waals surface area contributed by atoms with Crippen LogP contribution in [0.25, 0.3) is 0 Å². The molecule has 0 bridgehead atoms. The van der Waals surface area contributed by atoms with Crippen LogP contribution in [0.4, 0.5) is 0 Å². The molecule has 0 unspecified atom stereocenters. The second-order valence-corrected chi connectivity index (χ2v) is 14.5. The number of unbranched alkanes of at least 4 members (excludes halogenated alkanes) is 3. The maximum atomic E-state index is 3.72. The molecule has 0 heterocycles. The first-order valence-corrected chi connectivity index (χ1v) is 12.3. The summed E-state index contributed by atoms with van der Waals surface area (Å²) in [4.78, 5) is 2.44. The summed E-state index contributed by atoms with van der Waals surface area (Å²) in [7, 11) is 0. The van der Waals surface area contributed by atoms with E-state index in [0.29, 0.717) is 0 Å². The molecule has 0 aliphatic carbocycles. The summed E-state index contributed by atoms with van der Waals surface area (Å²) < 4.78 is 0. The topological polar surface area (TPSA) is 0 Å². The quantitative estimate of drug-likeness (QED) is 0.348. The first-order chi connectivity index (χ1) is 6.12. The molecule has 0 aromatic heterocycles.